The Morgan fingerprint density at radius 2 is 1.82 bits per heavy atom. The molecule has 0 aromatic heterocycles. The van der Waals surface area contributed by atoms with Crippen LogP contribution in [-0.2, 0) is 14.2 Å². The number of guanidine groups is 1. The van der Waals surface area contributed by atoms with Crippen LogP contribution in [-0.4, -0.2) is 76.2 Å². The summed E-state index contributed by atoms with van der Waals surface area (Å²) in [6.45, 7) is 7.47. The topological polar surface area (TPSA) is 55.3 Å². The third kappa shape index (κ3) is 8.71. The molecule has 0 spiro atoms. The van der Waals surface area contributed by atoms with Gasteiger partial charge in [0.05, 0.1) is 11.7 Å². The predicted octanol–water partition coefficient (Wildman–Crippen LogP) is 3.83. The van der Waals surface area contributed by atoms with Gasteiger partial charge < -0.3 is 24.4 Å². The summed E-state index contributed by atoms with van der Waals surface area (Å²) in [5.74, 6) is 1.01. The molecule has 2 fully saturated rings. The van der Waals surface area contributed by atoms with E-state index in [1.165, 1.54) is 19.3 Å². The van der Waals surface area contributed by atoms with E-state index in [9.17, 15) is 0 Å². The van der Waals surface area contributed by atoms with Gasteiger partial charge in [0.2, 0.25) is 0 Å². The fourth-order valence-electron chi connectivity index (χ4n) is 4.15. The van der Waals surface area contributed by atoms with Crippen LogP contribution in [0.1, 0.15) is 64.7 Å². The molecule has 6 nitrogen and oxygen atoms in total. The van der Waals surface area contributed by atoms with Crippen molar-refractivity contribution in [2.75, 3.05) is 53.6 Å². The quantitative estimate of drug-likeness (QED) is 0.209. The van der Waals surface area contributed by atoms with Gasteiger partial charge in [0, 0.05) is 53.6 Å². The molecule has 1 aliphatic carbocycles. The largest absolute Gasteiger partial charge is 0.385 e. The number of hydrogen-bond acceptors (Lipinski definition) is 4. The lowest BCUT2D eigenvalue weighted by Crippen LogP contribution is -2.52. The van der Waals surface area contributed by atoms with Crippen LogP contribution in [0.15, 0.2) is 4.99 Å². The third-order valence-corrected chi connectivity index (χ3v) is 5.75. The van der Waals surface area contributed by atoms with E-state index in [0.29, 0.717) is 6.10 Å². The molecule has 0 radical (unpaired) electrons. The van der Waals surface area contributed by atoms with Gasteiger partial charge >= 0.3 is 0 Å². The van der Waals surface area contributed by atoms with Gasteiger partial charge in [0.15, 0.2) is 5.96 Å². The zero-order valence-corrected chi connectivity index (χ0v) is 20.5. The lowest BCUT2D eigenvalue weighted by atomic mass is 9.84. The van der Waals surface area contributed by atoms with E-state index in [4.69, 9.17) is 14.2 Å². The molecule has 0 aromatic carbocycles. The van der Waals surface area contributed by atoms with E-state index in [2.05, 4.69) is 22.1 Å². The average molecular weight is 511 g/mol. The first-order chi connectivity index (χ1) is 13.2. The summed E-state index contributed by atoms with van der Waals surface area (Å²) in [5.41, 5.74) is -0.00696. The number of rotatable bonds is 10. The van der Waals surface area contributed by atoms with Crippen molar-refractivity contribution in [1.82, 2.24) is 10.2 Å². The first-order valence-electron chi connectivity index (χ1n) is 10.9. The molecule has 28 heavy (non-hydrogen) atoms. The van der Waals surface area contributed by atoms with E-state index < -0.39 is 0 Å². The summed E-state index contributed by atoms with van der Waals surface area (Å²) in [4.78, 5) is 6.90. The summed E-state index contributed by atoms with van der Waals surface area (Å²) in [7, 11) is 3.62. The van der Waals surface area contributed by atoms with E-state index in [-0.39, 0.29) is 29.6 Å². The van der Waals surface area contributed by atoms with Gasteiger partial charge in [-0.3, -0.25) is 4.99 Å². The van der Waals surface area contributed by atoms with E-state index in [0.717, 1.165) is 83.9 Å². The molecule has 0 unspecified atom stereocenters. The summed E-state index contributed by atoms with van der Waals surface area (Å²) in [6, 6.07) is 0. The number of ether oxygens (including phenoxy) is 3. The monoisotopic (exact) mass is 511 g/mol. The Hall–Kier alpha value is -0.120. The molecule has 1 saturated heterocycles. The summed E-state index contributed by atoms with van der Waals surface area (Å²) >= 11 is 0. The smallest absolute Gasteiger partial charge is 0.193 e. The van der Waals surface area contributed by atoms with Gasteiger partial charge in [-0.05, 0) is 38.5 Å². The van der Waals surface area contributed by atoms with E-state index in [1.807, 2.05) is 7.05 Å². The Morgan fingerprint density at radius 1 is 1.11 bits per heavy atom. The van der Waals surface area contributed by atoms with Crippen LogP contribution >= 0.6 is 24.0 Å². The van der Waals surface area contributed by atoms with Crippen molar-refractivity contribution in [3.05, 3.63) is 0 Å². The number of nitrogens with one attached hydrogen (secondary N) is 1. The third-order valence-electron chi connectivity index (χ3n) is 5.75. The van der Waals surface area contributed by atoms with Crippen molar-refractivity contribution in [3.8, 4) is 0 Å². The number of halogens is 1. The van der Waals surface area contributed by atoms with Crippen LogP contribution in [0.25, 0.3) is 0 Å². The van der Waals surface area contributed by atoms with Crippen LogP contribution in [0.5, 0.6) is 0 Å². The maximum atomic E-state index is 6.32. The van der Waals surface area contributed by atoms with Crippen molar-refractivity contribution < 1.29 is 14.2 Å². The normalized spacial score (nSPS) is 20.7. The van der Waals surface area contributed by atoms with Crippen molar-refractivity contribution in [2.24, 2.45) is 4.99 Å². The van der Waals surface area contributed by atoms with E-state index in [1.54, 1.807) is 7.11 Å². The Morgan fingerprint density at radius 3 is 2.43 bits per heavy atom. The fraction of sp³-hybridized carbons (Fsp3) is 0.952. The van der Waals surface area contributed by atoms with Gasteiger partial charge in [-0.25, -0.2) is 0 Å². The second-order valence-electron chi connectivity index (χ2n) is 7.90. The summed E-state index contributed by atoms with van der Waals surface area (Å²) in [5, 5.41) is 3.63. The van der Waals surface area contributed by atoms with Crippen molar-refractivity contribution in [2.45, 2.75) is 76.4 Å². The maximum Gasteiger partial charge on any atom is 0.193 e. The molecule has 0 atom stereocenters. The minimum atomic E-state index is -0.00696. The highest BCUT2D eigenvalue weighted by molar-refractivity contribution is 14.0. The highest BCUT2D eigenvalue weighted by Crippen LogP contribution is 2.31. The standard InChI is InChI=1S/C21H41N3O3.HI/c1-4-15-27-21(11-6-5-7-12-21)18-23-20(22-2)24-13-9-19(10-14-24)26-17-8-16-25-3;/h19H,4-18H2,1-3H3,(H,22,23);1H. The van der Waals surface area contributed by atoms with Gasteiger partial charge in [0.25, 0.3) is 0 Å². The number of nitrogens with zero attached hydrogens (tertiary/aromatic N) is 2. The van der Waals surface area contributed by atoms with Crippen molar-refractivity contribution in [3.63, 3.8) is 0 Å². The van der Waals surface area contributed by atoms with Gasteiger partial charge in [-0.2, -0.15) is 0 Å². The molecule has 1 N–H and O–H groups in total. The van der Waals surface area contributed by atoms with Crippen molar-refractivity contribution >= 4 is 29.9 Å². The molecule has 2 rings (SSSR count). The molecule has 1 heterocycles. The number of aliphatic imine (C=N–C) groups is 1. The summed E-state index contributed by atoms with van der Waals surface area (Å²) < 4.78 is 17.4. The zero-order valence-electron chi connectivity index (χ0n) is 18.2. The molecule has 1 saturated carbocycles. The lowest BCUT2D eigenvalue weighted by Gasteiger charge is -2.39. The molecular weight excluding hydrogens is 469 g/mol. The zero-order chi connectivity index (χ0) is 19.4. The minimum Gasteiger partial charge on any atom is -0.385 e. The van der Waals surface area contributed by atoms with Crippen LogP contribution in [0.4, 0.5) is 0 Å². The Balaban J connectivity index is 0.00000392. The number of likely N-dealkylation sites (tertiary alicyclic amines) is 1. The molecular formula is C21H42IN3O3. The van der Waals surface area contributed by atoms with E-state index >= 15 is 0 Å². The van der Waals surface area contributed by atoms with Gasteiger partial charge in [-0.15, -0.1) is 24.0 Å². The van der Waals surface area contributed by atoms with Gasteiger partial charge in [-0.1, -0.05) is 26.2 Å². The molecule has 0 bridgehead atoms. The molecule has 0 aromatic rings. The fourth-order valence-corrected chi connectivity index (χ4v) is 4.15. The summed E-state index contributed by atoms with van der Waals surface area (Å²) in [6.07, 6.45) is 10.7. The minimum absolute atomic E-state index is 0. The first kappa shape index (κ1) is 25.9. The maximum absolute atomic E-state index is 6.32. The molecule has 7 heteroatoms. The predicted molar refractivity (Wildman–Crippen MR) is 126 cm³/mol. The van der Waals surface area contributed by atoms with Crippen LogP contribution in [0, 0.1) is 0 Å². The Bertz CT molecular complexity index is 423. The second kappa shape index (κ2) is 14.8. The first-order valence-corrected chi connectivity index (χ1v) is 10.9. The van der Waals surface area contributed by atoms with Crippen LogP contribution in [0.2, 0.25) is 0 Å². The van der Waals surface area contributed by atoms with Crippen molar-refractivity contribution in [1.29, 1.82) is 0 Å². The highest BCUT2D eigenvalue weighted by atomic mass is 127. The average Bonchev–Trinajstić information content (AvgIpc) is 2.72. The lowest BCUT2D eigenvalue weighted by molar-refractivity contribution is -0.0661. The van der Waals surface area contributed by atoms with Gasteiger partial charge in [0.1, 0.15) is 0 Å². The second-order valence-corrected chi connectivity index (χ2v) is 7.90. The highest BCUT2D eigenvalue weighted by Gasteiger charge is 2.33. The number of methoxy groups -OCH3 is 1. The molecule has 0 amide bonds. The van der Waals surface area contributed by atoms with Crippen LogP contribution in [0.3, 0.4) is 0 Å². The Labute approximate surface area is 189 Å². The van der Waals surface area contributed by atoms with Crippen LogP contribution < -0.4 is 5.32 Å². The number of piperidine rings is 1. The number of hydrogen-bond donors (Lipinski definition) is 1. The molecule has 2 aliphatic rings. The Kier molecular flexibility index (Phi) is 13.7. The molecule has 166 valence electrons. The molecule has 1 aliphatic heterocycles. The SMILES string of the molecule is CCCOC1(CNC(=NC)N2CCC(OCCCOC)CC2)CCCCC1.I.